The van der Waals surface area contributed by atoms with E-state index in [0.29, 0.717) is 10.0 Å². The van der Waals surface area contributed by atoms with Crippen LogP contribution in [0.4, 0.5) is 0 Å². The van der Waals surface area contributed by atoms with Gasteiger partial charge in [-0.1, -0.05) is 29.3 Å². The van der Waals surface area contributed by atoms with Gasteiger partial charge >= 0.3 is 0 Å². The van der Waals surface area contributed by atoms with E-state index in [2.05, 4.69) is 4.98 Å². The van der Waals surface area contributed by atoms with Crippen molar-refractivity contribution in [1.29, 1.82) is 0 Å². The smallest absolute Gasteiger partial charge is 0.129 e. The van der Waals surface area contributed by atoms with Crippen molar-refractivity contribution in [2.75, 3.05) is 7.11 Å². The van der Waals surface area contributed by atoms with Gasteiger partial charge in [-0.3, -0.25) is 4.57 Å². The second-order valence-corrected chi connectivity index (χ2v) is 5.54. The minimum atomic E-state index is 0.279. The molecule has 3 rings (SSSR count). The summed E-state index contributed by atoms with van der Waals surface area (Å²) in [7, 11) is 1.63. The fourth-order valence-corrected chi connectivity index (χ4v) is 2.74. The number of hydrogen-bond acceptors (Lipinski definition) is 2. The molecule has 3 nitrogen and oxygen atoms in total. The lowest BCUT2D eigenvalue weighted by molar-refractivity contribution is 0.414. The number of ether oxygens (including phenoxy) is 1. The quantitative estimate of drug-likeness (QED) is 0.621. The Balaban J connectivity index is 2.31. The molecule has 3 aromatic rings. The van der Waals surface area contributed by atoms with Gasteiger partial charge in [-0.25, -0.2) is 4.98 Å². The summed E-state index contributed by atoms with van der Waals surface area (Å²) < 4.78 is 7.22. The van der Waals surface area contributed by atoms with Gasteiger partial charge in [0.05, 0.1) is 39.8 Å². The molecule has 0 atom stereocenters. The molecule has 1 heterocycles. The molecule has 0 aliphatic rings. The van der Waals surface area contributed by atoms with Crippen LogP contribution in [0, 0.1) is 0 Å². The van der Waals surface area contributed by atoms with Crippen molar-refractivity contribution in [2.45, 2.75) is 5.88 Å². The van der Waals surface area contributed by atoms with Crippen molar-refractivity contribution < 1.29 is 4.74 Å². The standard InChI is InChI=1S/C15H11Cl3N2O/c1-21-10-4-2-3-9(5-10)20-14-7-12(18)11(17)6-13(14)19-15(20)8-16/h2-7H,8H2,1H3. The molecular formula is C15H11Cl3N2O. The Morgan fingerprint density at radius 2 is 1.90 bits per heavy atom. The lowest BCUT2D eigenvalue weighted by Crippen LogP contribution is -1.99. The van der Waals surface area contributed by atoms with Crippen molar-refractivity contribution in [1.82, 2.24) is 9.55 Å². The molecule has 0 aliphatic carbocycles. The summed E-state index contributed by atoms with van der Waals surface area (Å²) in [5.41, 5.74) is 2.52. The number of halogens is 3. The van der Waals surface area contributed by atoms with Gasteiger partial charge in [-0.05, 0) is 24.3 Å². The molecule has 0 spiro atoms. The third-order valence-corrected chi connectivity index (χ3v) is 4.16. The maximum atomic E-state index is 6.13. The van der Waals surface area contributed by atoms with Crippen LogP contribution in [0.5, 0.6) is 5.75 Å². The fourth-order valence-electron chi connectivity index (χ4n) is 2.25. The van der Waals surface area contributed by atoms with Gasteiger partial charge < -0.3 is 4.74 Å². The molecule has 108 valence electrons. The number of fused-ring (bicyclic) bond motifs is 1. The predicted molar refractivity (Wildman–Crippen MR) is 87.2 cm³/mol. The summed E-state index contributed by atoms with van der Waals surface area (Å²) >= 11 is 18.2. The van der Waals surface area contributed by atoms with Gasteiger partial charge in [0.1, 0.15) is 11.6 Å². The van der Waals surface area contributed by atoms with Crippen molar-refractivity contribution in [3.63, 3.8) is 0 Å². The highest BCUT2D eigenvalue weighted by Gasteiger charge is 2.14. The molecule has 1 aromatic heterocycles. The van der Waals surface area contributed by atoms with Crippen LogP contribution in [0.15, 0.2) is 36.4 Å². The number of imidazole rings is 1. The van der Waals surface area contributed by atoms with Gasteiger partial charge in [0.2, 0.25) is 0 Å². The number of methoxy groups -OCH3 is 1. The number of rotatable bonds is 3. The molecule has 0 fully saturated rings. The maximum absolute atomic E-state index is 6.13. The first-order valence-corrected chi connectivity index (χ1v) is 7.50. The molecule has 2 aromatic carbocycles. The third kappa shape index (κ3) is 2.57. The van der Waals surface area contributed by atoms with Crippen molar-refractivity contribution in [2.24, 2.45) is 0 Å². The molecule has 0 bridgehead atoms. The summed E-state index contributed by atoms with van der Waals surface area (Å²) in [5, 5.41) is 0.954. The molecule has 0 aliphatic heterocycles. The fraction of sp³-hybridized carbons (Fsp3) is 0.133. The highest BCUT2D eigenvalue weighted by Crippen LogP contribution is 2.31. The number of nitrogens with zero attached hydrogens (tertiary/aromatic N) is 2. The third-order valence-electron chi connectivity index (χ3n) is 3.20. The van der Waals surface area contributed by atoms with E-state index < -0.39 is 0 Å². The Hall–Kier alpha value is -1.42. The van der Waals surface area contributed by atoms with Crippen LogP contribution in [0.2, 0.25) is 10.0 Å². The first-order chi connectivity index (χ1) is 10.1. The van der Waals surface area contributed by atoms with E-state index in [1.165, 1.54) is 0 Å². The number of aromatic nitrogens is 2. The largest absolute Gasteiger partial charge is 0.497 e. The summed E-state index contributed by atoms with van der Waals surface area (Å²) in [6.07, 6.45) is 0. The number of benzene rings is 2. The zero-order chi connectivity index (χ0) is 15.0. The average molecular weight is 342 g/mol. The number of alkyl halides is 1. The lowest BCUT2D eigenvalue weighted by Gasteiger charge is -2.09. The van der Waals surface area contributed by atoms with Crippen LogP contribution in [-0.4, -0.2) is 16.7 Å². The Morgan fingerprint density at radius 1 is 1.14 bits per heavy atom. The van der Waals surface area contributed by atoms with E-state index in [1.54, 1.807) is 19.2 Å². The Morgan fingerprint density at radius 3 is 2.62 bits per heavy atom. The van der Waals surface area contributed by atoms with E-state index in [0.717, 1.165) is 28.3 Å². The monoisotopic (exact) mass is 340 g/mol. The molecular weight excluding hydrogens is 331 g/mol. The lowest BCUT2D eigenvalue weighted by atomic mass is 10.2. The van der Waals surface area contributed by atoms with Gasteiger partial charge in [-0.2, -0.15) is 0 Å². The molecule has 0 amide bonds. The van der Waals surface area contributed by atoms with Crippen LogP contribution in [-0.2, 0) is 5.88 Å². The Labute approximate surface area is 137 Å². The zero-order valence-corrected chi connectivity index (χ0v) is 13.4. The van der Waals surface area contributed by atoms with E-state index in [-0.39, 0.29) is 5.88 Å². The minimum absolute atomic E-state index is 0.279. The first kappa shape index (κ1) is 14.5. The highest BCUT2D eigenvalue weighted by molar-refractivity contribution is 6.42. The van der Waals surface area contributed by atoms with E-state index in [9.17, 15) is 0 Å². The molecule has 0 N–H and O–H groups in total. The topological polar surface area (TPSA) is 27.1 Å². The zero-order valence-electron chi connectivity index (χ0n) is 11.1. The van der Waals surface area contributed by atoms with Gasteiger partial charge in [0, 0.05) is 6.07 Å². The first-order valence-electron chi connectivity index (χ1n) is 6.21. The SMILES string of the molecule is COc1cccc(-n2c(CCl)nc3cc(Cl)c(Cl)cc32)c1. The van der Waals surface area contributed by atoms with Crippen molar-refractivity contribution in [3.8, 4) is 11.4 Å². The van der Waals surface area contributed by atoms with Crippen LogP contribution < -0.4 is 4.74 Å². The van der Waals surface area contributed by atoms with Crippen LogP contribution in [0.3, 0.4) is 0 Å². The van der Waals surface area contributed by atoms with Gasteiger partial charge in [0.25, 0.3) is 0 Å². The van der Waals surface area contributed by atoms with Gasteiger partial charge in [-0.15, -0.1) is 11.6 Å². The van der Waals surface area contributed by atoms with E-state index >= 15 is 0 Å². The minimum Gasteiger partial charge on any atom is -0.497 e. The summed E-state index contributed by atoms with van der Waals surface area (Å²) in [6.45, 7) is 0. The van der Waals surface area contributed by atoms with Crippen LogP contribution in [0.25, 0.3) is 16.7 Å². The molecule has 0 radical (unpaired) electrons. The second kappa shape index (κ2) is 5.76. The summed E-state index contributed by atoms with van der Waals surface area (Å²) in [4.78, 5) is 4.51. The summed E-state index contributed by atoms with van der Waals surface area (Å²) in [5.74, 6) is 1.76. The van der Waals surface area contributed by atoms with Crippen LogP contribution >= 0.6 is 34.8 Å². The Bertz CT molecular complexity index is 814. The average Bonchev–Trinajstić information content (AvgIpc) is 2.85. The summed E-state index contributed by atoms with van der Waals surface area (Å²) in [6, 6.07) is 11.2. The van der Waals surface area contributed by atoms with E-state index in [4.69, 9.17) is 39.5 Å². The molecule has 0 unspecified atom stereocenters. The Kier molecular flexibility index (Phi) is 3.98. The molecule has 21 heavy (non-hydrogen) atoms. The highest BCUT2D eigenvalue weighted by atomic mass is 35.5. The van der Waals surface area contributed by atoms with Gasteiger partial charge in [0.15, 0.2) is 0 Å². The number of hydrogen-bond donors (Lipinski definition) is 0. The molecule has 0 saturated carbocycles. The maximum Gasteiger partial charge on any atom is 0.129 e. The molecule has 6 heteroatoms. The normalized spacial score (nSPS) is 11.0. The molecule has 0 saturated heterocycles. The van der Waals surface area contributed by atoms with Crippen molar-refractivity contribution >= 4 is 45.8 Å². The van der Waals surface area contributed by atoms with Crippen LogP contribution in [0.1, 0.15) is 5.82 Å². The van der Waals surface area contributed by atoms with Crippen molar-refractivity contribution in [3.05, 3.63) is 52.3 Å². The second-order valence-electron chi connectivity index (χ2n) is 4.45. The van der Waals surface area contributed by atoms with E-state index in [1.807, 2.05) is 28.8 Å². The predicted octanol–water partition coefficient (Wildman–Crippen LogP) is 5.08.